The van der Waals surface area contributed by atoms with E-state index in [0.717, 1.165) is 12.8 Å². The lowest BCUT2D eigenvalue weighted by atomic mass is 10.2. The second-order valence-corrected chi connectivity index (χ2v) is 5.97. The van der Waals surface area contributed by atoms with Crippen LogP contribution in [0, 0.1) is 0 Å². The third-order valence-electron chi connectivity index (χ3n) is 2.45. The molecule has 1 aromatic rings. The van der Waals surface area contributed by atoms with Crippen LogP contribution >= 0.6 is 0 Å². The van der Waals surface area contributed by atoms with Crippen molar-refractivity contribution in [1.29, 1.82) is 0 Å². The van der Waals surface area contributed by atoms with Gasteiger partial charge in [-0.1, -0.05) is 56.5 Å². The van der Waals surface area contributed by atoms with Crippen LogP contribution in [-0.2, 0) is 4.43 Å². The van der Waals surface area contributed by atoms with E-state index in [4.69, 9.17) is 4.43 Å². The fourth-order valence-electron chi connectivity index (χ4n) is 1.48. The van der Waals surface area contributed by atoms with Crippen molar-refractivity contribution in [2.45, 2.75) is 32.6 Å². The van der Waals surface area contributed by atoms with E-state index in [1.807, 2.05) is 6.07 Å². The average molecular weight is 240 g/mol. The van der Waals surface area contributed by atoms with Gasteiger partial charge in [-0.2, -0.15) is 0 Å². The Morgan fingerprint density at radius 2 is 1.75 bits per heavy atom. The van der Waals surface area contributed by atoms with Crippen LogP contribution in [0.3, 0.4) is 0 Å². The topological polar surface area (TPSA) is 49.7 Å². The Bertz CT molecular complexity index is 288. The Balaban J connectivity index is 2.35. The molecule has 0 atom stereocenters. The predicted octanol–water partition coefficient (Wildman–Crippen LogP) is 1.41. The zero-order chi connectivity index (χ0) is 11.9. The molecular weight excluding hydrogens is 220 g/mol. The van der Waals surface area contributed by atoms with Crippen LogP contribution in [0.5, 0.6) is 0 Å². The second-order valence-electron chi connectivity index (χ2n) is 3.88. The van der Waals surface area contributed by atoms with Crippen molar-refractivity contribution in [2.75, 3.05) is 6.61 Å². The van der Waals surface area contributed by atoms with Crippen LogP contribution in [0.4, 0.5) is 0 Å². The zero-order valence-electron chi connectivity index (χ0n) is 9.72. The van der Waals surface area contributed by atoms with E-state index >= 15 is 0 Å². The molecule has 4 heteroatoms. The fourth-order valence-corrected chi connectivity index (χ4v) is 2.70. The van der Waals surface area contributed by atoms with Gasteiger partial charge in [-0.25, -0.2) is 0 Å². The summed E-state index contributed by atoms with van der Waals surface area (Å²) in [5.41, 5.74) is 0. The summed E-state index contributed by atoms with van der Waals surface area (Å²) < 4.78 is 5.21. The second kappa shape index (κ2) is 6.80. The minimum Gasteiger partial charge on any atom is -0.386 e. The summed E-state index contributed by atoms with van der Waals surface area (Å²) >= 11 is 0. The molecule has 0 unspecified atom stereocenters. The molecule has 0 aromatic heterocycles. The molecule has 0 radical (unpaired) electrons. The first-order valence-corrected chi connectivity index (χ1v) is 7.61. The van der Waals surface area contributed by atoms with Crippen molar-refractivity contribution in [1.82, 2.24) is 0 Å². The predicted molar refractivity (Wildman–Crippen MR) is 66.4 cm³/mol. The van der Waals surface area contributed by atoms with Gasteiger partial charge in [0.25, 0.3) is 0 Å². The first-order valence-electron chi connectivity index (χ1n) is 5.81. The van der Waals surface area contributed by atoms with Gasteiger partial charge in [0.05, 0.1) is 0 Å². The Morgan fingerprint density at radius 3 is 2.38 bits per heavy atom. The number of hydrogen-bond acceptors (Lipinski definition) is 3. The third kappa shape index (κ3) is 4.45. The molecular formula is C12H20O3Si. The van der Waals surface area contributed by atoms with Crippen LogP contribution in [0.25, 0.3) is 0 Å². The number of benzene rings is 1. The molecule has 0 amide bonds. The minimum absolute atomic E-state index is 0.425. The Hall–Kier alpha value is -0.683. The molecule has 0 fully saturated rings. The third-order valence-corrected chi connectivity index (χ3v) is 4.14. The molecule has 2 N–H and O–H groups in total. The summed E-state index contributed by atoms with van der Waals surface area (Å²) in [6, 6.07) is 8.79. The van der Waals surface area contributed by atoms with E-state index in [1.165, 1.54) is 12.8 Å². The van der Waals surface area contributed by atoms with Crippen molar-refractivity contribution in [3.05, 3.63) is 30.3 Å². The highest BCUT2D eigenvalue weighted by atomic mass is 28.4. The van der Waals surface area contributed by atoms with Crippen molar-refractivity contribution in [2.24, 2.45) is 0 Å². The Morgan fingerprint density at radius 1 is 1.06 bits per heavy atom. The lowest BCUT2D eigenvalue weighted by molar-refractivity contribution is 0.160. The maximum atomic E-state index is 9.81. The summed E-state index contributed by atoms with van der Waals surface area (Å²) in [5.74, 6) is 0. The molecule has 0 bridgehead atoms. The van der Waals surface area contributed by atoms with Crippen molar-refractivity contribution >= 4 is 14.0 Å². The summed E-state index contributed by atoms with van der Waals surface area (Å²) in [4.78, 5) is 19.6. The average Bonchev–Trinajstić information content (AvgIpc) is 2.30. The summed E-state index contributed by atoms with van der Waals surface area (Å²) in [5, 5.41) is 0.505. The van der Waals surface area contributed by atoms with Crippen molar-refractivity contribution in [3.63, 3.8) is 0 Å². The van der Waals surface area contributed by atoms with Gasteiger partial charge < -0.3 is 14.0 Å². The van der Waals surface area contributed by atoms with Gasteiger partial charge in [-0.05, 0) is 6.42 Å². The van der Waals surface area contributed by atoms with E-state index in [2.05, 4.69) is 6.92 Å². The molecule has 0 saturated carbocycles. The summed E-state index contributed by atoms with van der Waals surface area (Å²) in [6.07, 6.45) is 4.30. The van der Waals surface area contributed by atoms with Gasteiger partial charge >= 0.3 is 8.80 Å². The molecule has 0 saturated heterocycles. The fraction of sp³-hybridized carbons (Fsp3) is 0.500. The van der Waals surface area contributed by atoms with E-state index in [1.54, 1.807) is 24.3 Å². The van der Waals surface area contributed by atoms with E-state index in [9.17, 15) is 9.59 Å². The van der Waals surface area contributed by atoms with Gasteiger partial charge in [-0.3, -0.25) is 0 Å². The molecule has 0 aliphatic rings. The standard InChI is InChI=1S/C12H20O3Si/c1-2-3-4-8-11-15-16(13,14)12-9-6-5-7-10-12/h5-7,9-10,13-14H,2-4,8,11H2,1H3. The monoisotopic (exact) mass is 240 g/mol. The number of rotatable bonds is 7. The van der Waals surface area contributed by atoms with Gasteiger partial charge in [0.2, 0.25) is 0 Å². The van der Waals surface area contributed by atoms with Crippen LogP contribution < -0.4 is 5.19 Å². The molecule has 1 rings (SSSR count). The quantitative estimate of drug-likeness (QED) is 0.560. The van der Waals surface area contributed by atoms with Gasteiger partial charge in [0, 0.05) is 11.8 Å². The molecule has 0 aliphatic heterocycles. The smallest absolute Gasteiger partial charge is 0.386 e. The van der Waals surface area contributed by atoms with Gasteiger partial charge in [-0.15, -0.1) is 0 Å². The largest absolute Gasteiger partial charge is 0.531 e. The highest BCUT2D eigenvalue weighted by Gasteiger charge is 2.34. The molecule has 1 aromatic carbocycles. The molecule has 0 spiro atoms. The highest BCUT2D eigenvalue weighted by Crippen LogP contribution is 2.03. The molecule has 0 heterocycles. The van der Waals surface area contributed by atoms with Crippen LogP contribution in [0.1, 0.15) is 32.6 Å². The molecule has 90 valence electrons. The van der Waals surface area contributed by atoms with Crippen molar-refractivity contribution < 1.29 is 14.0 Å². The Kier molecular flexibility index (Phi) is 5.69. The van der Waals surface area contributed by atoms with Crippen LogP contribution in [0.2, 0.25) is 0 Å². The highest BCUT2D eigenvalue weighted by molar-refractivity contribution is 6.72. The minimum atomic E-state index is -3.64. The lowest BCUT2D eigenvalue weighted by Gasteiger charge is -2.17. The normalized spacial score (nSPS) is 11.7. The van der Waals surface area contributed by atoms with Crippen molar-refractivity contribution in [3.8, 4) is 0 Å². The SMILES string of the molecule is CCCCCCO[Si](O)(O)c1ccccc1. The molecule has 16 heavy (non-hydrogen) atoms. The van der Waals surface area contributed by atoms with Gasteiger partial charge in [0.1, 0.15) is 0 Å². The van der Waals surface area contributed by atoms with Gasteiger partial charge in [0.15, 0.2) is 0 Å². The van der Waals surface area contributed by atoms with Crippen LogP contribution in [0.15, 0.2) is 30.3 Å². The van der Waals surface area contributed by atoms with E-state index in [-0.39, 0.29) is 0 Å². The Labute approximate surface area is 98.1 Å². The number of hydrogen-bond donors (Lipinski definition) is 2. The maximum Gasteiger partial charge on any atom is 0.531 e. The summed E-state index contributed by atoms with van der Waals surface area (Å²) in [6.45, 7) is 2.57. The van der Waals surface area contributed by atoms with E-state index < -0.39 is 8.80 Å². The summed E-state index contributed by atoms with van der Waals surface area (Å²) in [7, 11) is -3.64. The first kappa shape index (κ1) is 13.4. The lowest BCUT2D eigenvalue weighted by Crippen LogP contribution is -2.51. The molecule has 3 nitrogen and oxygen atoms in total. The maximum absolute atomic E-state index is 9.81. The zero-order valence-corrected chi connectivity index (χ0v) is 10.7. The number of unbranched alkanes of at least 4 members (excludes halogenated alkanes) is 3. The van der Waals surface area contributed by atoms with E-state index in [0.29, 0.717) is 11.8 Å². The molecule has 0 aliphatic carbocycles. The van der Waals surface area contributed by atoms with Crippen LogP contribution in [-0.4, -0.2) is 25.0 Å². The first-order chi connectivity index (χ1) is 7.67.